The highest BCUT2D eigenvalue weighted by atomic mass is 16.5. The fraction of sp³-hybridized carbons (Fsp3) is 0.348. The third kappa shape index (κ3) is 5.22. The minimum absolute atomic E-state index is 0.558. The molecule has 0 spiro atoms. The van der Waals surface area contributed by atoms with Gasteiger partial charge in [0.2, 0.25) is 0 Å². The smallest absolute Gasteiger partial charge is 0.191 e. The van der Waals surface area contributed by atoms with E-state index in [9.17, 15) is 0 Å². The van der Waals surface area contributed by atoms with Gasteiger partial charge in [-0.05, 0) is 55.2 Å². The largest absolute Gasteiger partial charge is 0.493 e. The van der Waals surface area contributed by atoms with Gasteiger partial charge in [-0.25, -0.2) is 4.99 Å². The quantitative estimate of drug-likeness (QED) is 0.402. The summed E-state index contributed by atoms with van der Waals surface area (Å²) in [5.41, 5.74) is 4.82. The standard InChI is InChI=1S/C23H30N4O2/c1-5-24-23(27-14-17-7-9-21(28-3)22(13-17)29-4)25-11-10-18-15-26-20-12-16(2)6-8-19(18)20/h6-9,12-13,15,26H,5,10-11,14H2,1-4H3,(H2,24,25,27). The zero-order valence-electron chi connectivity index (χ0n) is 17.6. The van der Waals surface area contributed by atoms with Gasteiger partial charge in [-0.3, -0.25) is 0 Å². The maximum Gasteiger partial charge on any atom is 0.191 e. The van der Waals surface area contributed by atoms with Crippen LogP contribution in [0, 0.1) is 6.92 Å². The fourth-order valence-electron chi connectivity index (χ4n) is 3.31. The lowest BCUT2D eigenvalue weighted by Crippen LogP contribution is -2.38. The van der Waals surface area contributed by atoms with E-state index in [1.54, 1.807) is 14.2 Å². The number of nitrogens with zero attached hydrogens (tertiary/aromatic N) is 1. The highest BCUT2D eigenvalue weighted by molar-refractivity contribution is 5.84. The molecule has 0 unspecified atom stereocenters. The lowest BCUT2D eigenvalue weighted by Gasteiger charge is -2.12. The van der Waals surface area contributed by atoms with E-state index in [0.29, 0.717) is 12.3 Å². The molecule has 0 atom stereocenters. The van der Waals surface area contributed by atoms with Crippen LogP contribution in [0.4, 0.5) is 0 Å². The van der Waals surface area contributed by atoms with E-state index in [-0.39, 0.29) is 0 Å². The molecule has 0 fully saturated rings. The van der Waals surface area contributed by atoms with Gasteiger partial charge < -0.3 is 25.1 Å². The Morgan fingerprint density at radius 3 is 2.62 bits per heavy atom. The molecule has 3 N–H and O–H groups in total. The second-order valence-electron chi connectivity index (χ2n) is 6.92. The molecule has 154 valence electrons. The highest BCUT2D eigenvalue weighted by Crippen LogP contribution is 2.27. The van der Waals surface area contributed by atoms with Crippen molar-refractivity contribution in [2.45, 2.75) is 26.8 Å². The second kappa shape index (κ2) is 9.87. The maximum absolute atomic E-state index is 5.37. The summed E-state index contributed by atoms with van der Waals surface area (Å²) in [5.74, 6) is 2.24. The predicted molar refractivity (Wildman–Crippen MR) is 119 cm³/mol. The van der Waals surface area contributed by atoms with Crippen molar-refractivity contribution in [2.24, 2.45) is 4.99 Å². The van der Waals surface area contributed by atoms with Crippen molar-refractivity contribution in [3.8, 4) is 11.5 Å². The van der Waals surface area contributed by atoms with Gasteiger partial charge in [0, 0.05) is 30.2 Å². The van der Waals surface area contributed by atoms with Crippen LogP contribution in [-0.2, 0) is 13.0 Å². The lowest BCUT2D eigenvalue weighted by molar-refractivity contribution is 0.354. The minimum atomic E-state index is 0.558. The first kappa shape index (κ1) is 20.6. The van der Waals surface area contributed by atoms with Crippen molar-refractivity contribution in [3.05, 3.63) is 59.3 Å². The van der Waals surface area contributed by atoms with Gasteiger partial charge in [-0.1, -0.05) is 18.2 Å². The first-order valence-electron chi connectivity index (χ1n) is 9.94. The van der Waals surface area contributed by atoms with Gasteiger partial charge in [0.1, 0.15) is 0 Å². The number of aromatic amines is 1. The summed E-state index contributed by atoms with van der Waals surface area (Å²) in [6, 6.07) is 12.4. The summed E-state index contributed by atoms with van der Waals surface area (Å²) < 4.78 is 10.7. The third-order valence-electron chi connectivity index (χ3n) is 4.82. The number of aryl methyl sites for hydroxylation is 1. The second-order valence-corrected chi connectivity index (χ2v) is 6.92. The SMILES string of the molecule is CCNC(=NCc1ccc(OC)c(OC)c1)NCCc1c[nH]c2cc(C)ccc12. The van der Waals surface area contributed by atoms with Gasteiger partial charge in [0.05, 0.1) is 20.8 Å². The molecule has 0 aliphatic carbocycles. The number of benzene rings is 2. The Morgan fingerprint density at radius 1 is 1.03 bits per heavy atom. The van der Waals surface area contributed by atoms with Gasteiger partial charge in [0.25, 0.3) is 0 Å². The normalized spacial score (nSPS) is 11.5. The third-order valence-corrected chi connectivity index (χ3v) is 4.82. The van der Waals surface area contributed by atoms with Crippen LogP contribution in [-0.4, -0.2) is 38.3 Å². The predicted octanol–water partition coefficient (Wildman–Crippen LogP) is 3.79. The molecular formula is C23H30N4O2. The number of methoxy groups -OCH3 is 2. The Kier molecular flexibility index (Phi) is 7.00. The molecule has 1 aromatic heterocycles. The van der Waals surface area contributed by atoms with Crippen LogP contribution >= 0.6 is 0 Å². The molecule has 0 bridgehead atoms. The van der Waals surface area contributed by atoms with Crippen LogP contribution in [0.15, 0.2) is 47.6 Å². The Balaban J connectivity index is 1.62. The Bertz CT molecular complexity index is 978. The molecule has 3 rings (SSSR count). The summed E-state index contributed by atoms with van der Waals surface area (Å²) in [5, 5.41) is 8.01. The molecule has 0 saturated heterocycles. The number of nitrogens with one attached hydrogen (secondary N) is 3. The van der Waals surface area contributed by atoms with Gasteiger partial charge >= 0.3 is 0 Å². The highest BCUT2D eigenvalue weighted by Gasteiger charge is 2.06. The number of aromatic nitrogens is 1. The number of hydrogen-bond donors (Lipinski definition) is 3. The van der Waals surface area contributed by atoms with Crippen molar-refractivity contribution in [2.75, 3.05) is 27.3 Å². The Labute approximate surface area is 172 Å². The summed E-state index contributed by atoms with van der Waals surface area (Å²) in [7, 11) is 3.28. The number of ether oxygens (including phenoxy) is 2. The Morgan fingerprint density at radius 2 is 1.86 bits per heavy atom. The molecule has 0 amide bonds. The van der Waals surface area contributed by atoms with Crippen molar-refractivity contribution in [1.29, 1.82) is 0 Å². The number of rotatable bonds is 8. The van der Waals surface area contributed by atoms with Crippen LogP contribution in [0.25, 0.3) is 10.9 Å². The average Bonchev–Trinajstić information content (AvgIpc) is 3.13. The zero-order valence-corrected chi connectivity index (χ0v) is 17.6. The Hall–Kier alpha value is -3.15. The fourth-order valence-corrected chi connectivity index (χ4v) is 3.31. The van der Waals surface area contributed by atoms with Crippen molar-refractivity contribution < 1.29 is 9.47 Å². The first-order valence-corrected chi connectivity index (χ1v) is 9.94. The summed E-state index contributed by atoms with van der Waals surface area (Å²) in [6.07, 6.45) is 3.02. The molecule has 6 nitrogen and oxygen atoms in total. The van der Waals surface area contributed by atoms with E-state index < -0.39 is 0 Å². The maximum atomic E-state index is 5.37. The molecule has 0 radical (unpaired) electrons. The van der Waals surface area contributed by atoms with Gasteiger partial charge in [-0.2, -0.15) is 0 Å². The van der Waals surface area contributed by atoms with Crippen molar-refractivity contribution in [1.82, 2.24) is 15.6 Å². The molecule has 0 saturated carbocycles. The van der Waals surface area contributed by atoms with E-state index in [0.717, 1.165) is 36.8 Å². The summed E-state index contributed by atoms with van der Waals surface area (Å²) in [6.45, 7) is 6.35. The van der Waals surface area contributed by atoms with Crippen molar-refractivity contribution >= 4 is 16.9 Å². The molecule has 0 aliphatic rings. The van der Waals surface area contributed by atoms with Crippen LogP contribution < -0.4 is 20.1 Å². The van der Waals surface area contributed by atoms with E-state index in [4.69, 9.17) is 14.5 Å². The van der Waals surface area contributed by atoms with E-state index in [1.807, 2.05) is 18.2 Å². The van der Waals surface area contributed by atoms with E-state index in [1.165, 1.54) is 22.0 Å². The molecule has 1 heterocycles. The van der Waals surface area contributed by atoms with Crippen LogP contribution in [0.5, 0.6) is 11.5 Å². The first-order chi connectivity index (χ1) is 14.1. The molecule has 6 heteroatoms. The van der Waals surface area contributed by atoms with Gasteiger partial charge in [0.15, 0.2) is 17.5 Å². The number of hydrogen-bond acceptors (Lipinski definition) is 3. The number of aliphatic imine (C=N–C) groups is 1. The number of guanidine groups is 1. The van der Waals surface area contributed by atoms with Crippen molar-refractivity contribution in [3.63, 3.8) is 0 Å². The molecule has 0 aliphatic heterocycles. The molecule has 2 aromatic carbocycles. The average molecular weight is 395 g/mol. The van der Waals surface area contributed by atoms with E-state index in [2.05, 4.69) is 53.9 Å². The molecule has 29 heavy (non-hydrogen) atoms. The summed E-state index contributed by atoms with van der Waals surface area (Å²) in [4.78, 5) is 8.06. The van der Waals surface area contributed by atoms with Crippen LogP contribution in [0.1, 0.15) is 23.6 Å². The number of fused-ring (bicyclic) bond motifs is 1. The van der Waals surface area contributed by atoms with Crippen LogP contribution in [0.2, 0.25) is 0 Å². The lowest BCUT2D eigenvalue weighted by atomic mass is 10.1. The van der Waals surface area contributed by atoms with Crippen LogP contribution in [0.3, 0.4) is 0 Å². The monoisotopic (exact) mass is 394 g/mol. The molecule has 3 aromatic rings. The minimum Gasteiger partial charge on any atom is -0.493 e. The van der Waals surface area contributed by atoms with E-state index >= 15 is 0 Å². The number of H-pyrrole nitrogens is 1. The topological polar surface area (TPSA) is 70.7 Å². The molecular weight excluding hydrogens is 364 g/mol. The zero-order chi connectivity index (χ0) is 20.6. The summed E-state index contributed by atoms with van der Waals surface area (Å²) >= 11 is 0. The van der Waals surface area contributed by atoms with Gasteiger partial charge in [-0.15, -0.1) is 0 Å².